The number of fused-ring (bicyclic) bond motifs is 1. The Hall–Kier alpha value is -3.53. The lowest BCUT2D eigenvalue weighted by atomic mass is 10.1. The van der Waals surface area contributed by atoms with Gasteiger partial charge in [0.25, 0.3) is 5.91 Å². The number of nitrogens with zero attached hydrogens (tertiary/aromatic N) is 5. The maximum absolute atomic E-state index is 12.8. The third-order valence-electron chi connectivity index (χ3n) is 4.23. The number of hydrogen-bond donors (Lipinski definition) is 1. The minimum absolute atomic E-state index is 0.323. The molecule has 9 nitrogen and oxygen atoms in total. The predicted octanol–water partition coefficient (Wildman–Crippen LogP) is 2.75. The molecule has 4 rings (SSSR count). The van der Waals surface area contributed by atoms with Gasteiger partial charge in [-0.1, -0.05) is 23.5 Å². The number of anilines is 1. The molecule has 0 spiro atoms. The van der Waals surface area contributed by atoms with Crippen molar-refractivity contribution >= 4 is 28.0 Å². The van der Waals surface area contributed by atoms with Crippen LogP contribution in [0, 0.1) is 6.92 Å². The number of ether oxygens (including phenoxy) is 2. The van der Waals surface area contributed by atoms with Crippen LogP contribution in [0.5, 0.6) is 11.6 Å². The SMILES string of the molecule is COc1cccc(Cc2nnc(NC(=O)c3c(C)nc4ccc(OC)nn34)s2)c1. The quantitative estimate of drug-likeness (QED) is 0.521. The topological polar surface area (TPSA) is 104 Å². The molecule has 0 atom stereocenters. The summed E-state index contributed by atoms with van der Waals surface area (Å²) in [6, 6.07) is 11.2. The van der Waals surface area contributed by atoms with Crippen LogP contribution in [-0.4, -0.2) is 44.9 Å². The summed E-state index contributed by atoms with van der Waals surface area (Å²) in [7, 11) is 3.15. The molecule has 10 heteroatoms. The minimum atomic E-state index is -0.361. The van der Waals surface area contributed by atoms with E-state index >= 15 is 0 Å². The molecule has 0 radical (unpaired) electrons. The molecule has 3 heterocycles. The van der Waals surface area contributed by atoms with Crippen molar-refractivity contribution in [3.63, 3.8) is 0 Å². The van der Waals surface area contributed by atoms with Gasteiger partial charge in [-0.15, -0.1) is 15.3 Å². The minimum Gasteiger partial charge on any atom is -0.497 e. The highest BCUT2D eigenvalue weighted by Crippen LogP contribution is 2.22. The highest BCUT2D eigenvalue weighted by atomic mass is 32.1. The zero-order valence-corrected chi connectivity index (χ0v) is 16.9. The van der Waals surface area contributed by atoms with Crippen LogP contribution in [0.25, 0.3) is 5.65 Å². The highest BCUT2D eigenvalue weighted by Gasteiger charge is 2.20. The number of aryl methyl sites for hydroxylation is 1. The number of rotatable bonds is 6. The molecule has 0 aliphatic rings. The van der Waals surface area contributed by atoms with E-state index in [1.807, 2.05) is 24.3 Å². The van der Waals surface area contributed by atoms with E-state index < -0.39 is 0 Å². The predicted molar refractivity (Wildman–Crippen MR) is 108 cm³/mol. The van der Waals surface area contributed by atoms with Gasteiger partial charge in [0.05, 0.1) is 19.9 Å². The number of carbonyl (C=O) groups excluding carboxylic acids is 1. The number of aromatic nitrogens is 5. The number of nitrogens with one attached hydrogen (secondary N) is 1. The molecule has 1 aromatic carbocycles. The Bertz CT molecular complexity index is 1190. The van der Waals surface area contributed by atoms with Crippen molar-refractivity contribution in [3.05, 3.63) is 58.4 Å². The third-order valence-corrected chi connectivity index (χ3v) is 5.07. The molecular formula is C19H18N6O3S. The molecule has 4 aromatic rings. The first-order valence-corrected chi connectivity index (χ1v) is 9.56. The van der Waals surface area contributed by atoms with Gasteiger partial charge >= 0.3 is 0 Å². The second-order valence-electron chi connectivity index (χ2n) is 6.17. The zero-order chi connectivity index (χ0) is 20.4. The summed E-state index contributed by atoms with van der Waals surface area (Å²) in [5.41, 5.74) is 2.49. The van der Waals surface area contributed by atoms with E-state index in [1.165, 1.54) is 23.0 Å². The Morgan fingerprint density at radius 1 is 1.17 bits per heavy atom. The van der Waals surface area contributed by atoms with Gasteiger partial charge in [-0.2, -0.15) is 0 Å². The fourth-order valence-electron chi connectivity index (χ4n) is 2.89. The van der Waals surface area contributed by atoms with Crippen molar-refractivity contribution < 1.29 is 14.3 Å². The van der Waals surface area contributed by atoms with Gasteiger partial charge in [0.1, 0.15) is 10.8 Å². The first-order chi connectivity index (χ1) is 14.1. The van der Waals surface area contributed by atoms with E-state index in [-0.39, 0.29) is 5.91 Å². The summed E-state index contributed by atoms with van der Waals surface area (Å²) in [4.78, 5) is 17.2. The zero-order valence-electron chi connectivity index (χ0n) is 16.0. The Morgan fingerprint density at radius 3 is 2.83 bits per heavy atom. The van der Waals surface area contributed by atoms with Crippen LogP contribution in [0.2, 0.25) is 0 Å². The van der Waals surface area contributed by atoms with Gasteiger partial charge in [0.2, 0.25) is 11.0 Å². The van der Waals surface area contributed by atoms with E-state index in [1.54, 1.807) is 26.2 Å². The standard InChI is InChI=1S/C19H18N6O3S/c1-11-17(25-14(20-11)7-8-15(24-25)28-3)18(26)21-19-23-22-16(29-19)10-12-5-4-6-13(9-12)27-2/h4-9H,10H2,1-3H3,(H,21,23,26). The summed E-state index contributed by atoms with van der Waals surface area (Å²) in [6.45, 7) is 1.75. The lowest BCUT2D eigenvalue weighted by Crippen LogP contribution is -2.16. The smallest absolute Gasteiger partial charge is 0.278 e. The number of hydrogen-bond acceptors (Lipinski definition) is 8. The molecule has 0 bridgehead atoms. The van der Waals surface area contributed by atoms with Crippen LogP contribution in [0.4, 0.5) is 5.13 Å². The number of benzene rings is 1. The van der Waals surface area contributed by atoms with Crippen molar-refractivity contribution in [2.24, 2.45) is 0 Å². The van der Waals surface area contributed by atoms with Crippen LogP contribution in [-0.2, 0) is 6.42 Å². The fourth-order valence-corrected chi connectivity index (χ4v) is 3.65. The molecule has 1 amide bonds. The summed E-state index contributed by atoms with van der Waals surface area (Å²) < 4.78 is 11.8. The third kappa shape index (κ3) is 3.87. The van der Waals surface area contributed by atoms with Gasteiger partial charge in [-0.3, -0.25) is 10.1 Å². The summed E-state index contributed by atoms with van der Waals surface area (Å²) in [5, 5.41) is 16.5. The number of methoxy groups -OCH3 is 2. The van der Waals surface area contributed by atoms with Gasteiger partial charge < -0.3 is 9.47 Å². The second kappa shape index (κ2) is 7.84. The van der Waals surface area contributed by atoms with Crippen LogP contribution in [0.1, 0.15) is 26.8 Å². The van der Waals surface area contributed by atoms with Crippen LogP contribution in [0.3, 0.4) is 0 Å². The maximum Gasteiger partial charge on any atom is 0.278 e. The van der Waals surface area contributed by atoms with E-state index in [2.05, 4.69) is 25.6 Å². The lowest BCUT2D eigenvalue weighted by molar-refractivity contribution is 0.101. The van der Waals surface area contributed by atoms with Gasteiger partial charge in [0, 0.05) is 12.5 Å². The molecule has 29 heavy (non-hydrogen) atoms. The Balaban J connectivity index is 1.54. The molecule has 0 unspecified atom stereocenters. The number of carbonyl (C=O) groups is 1. The van der Waals surface area contributed by atoms with Crippen LogP contribution >= 0.6 is 11.3 Å². The maximum atomic E-state index is 12.8. The molecular weight excluding hydrogens is 392 g/mol. The molecule has 0 aliphatic carbocycles. The lowest BCUT2D eigenvalue weighted by Gasteiger charge is -2.03. The van der Waals surface area contributed by atoms with Crippen molar-refractivity contribution in [2.75, 3.05) is 19.5 Å². The van der Waals surface area contributed by atoms with E-state index in [9.17, 15) is 4.79 Å². The molecule has 0 fully saturated rings. The fraction of sp³-hybridized carbons (Fsp3) is 0.211. The summed E-state index contributed by atoms with van der Waals surface area (Å²) in [6.07, 6.45) is 0.595. The normalized spacial score (nSPS) is 10.9. The first-order valence-electron chi connectivity index (χ1n) is 8.74. The average molecular weight is 410 g/mol. The average Bonchev–Trinajstić information content (AvgIpc) is 3.30. The monoisotopic (exact) mass is 410 g/mol. The Morgan fingerprint density at radius 2 is 2.03 bits per heavy atom. The summed E-state index contributed by atoms with van der Waals surface area (Å²) in [5.74, 6) is 0.812. The van der Waals surface area contributed by atoms with Crippen molar-refractivity contribution in [1.29, 1.82) is 0 Å². The van der Waals surface area contributed by atoms with Crippen LogP contribution < -0.4 is 14.8 Å². The summed E-state index contributed by atoms with van der Waals surface area (Å²) >= 11 is 1.32. The van der Waals surface area contributed by atoms with Crippen molar-refractivity contribution in [3.8, 4) is 11.6 Å². The Labute approximate surface area is 170 Å². The van der Waals surface area contributed by atoms with Gasteiger partial charge in [-0.05, 0) is 30.7 Å². The van der Waals surface area contributed by atoms with E-state index in [0.29, 0.717) is 34.5 Å². The highest BCUT2D eigenvalue weighted by molar-refractivity contribution is 7.15. The molecule has 0 aliphatic heterocycles. The molecule has 0 saturated carbocycles. The van der Waals surface area contributed by atoms with E-state index in [0.717, 1.165) is 16.3 Å². The Kier molecular flexibility index (Phi) is 5.09. The number of imidazole rings is 1. The molecule has 0 saturated heterocycles. The van der Waals surface area contributed by atoms with Gasteiger partial charge in [-0.25, -0.2) is 9.50 Å². The second-order valence-corrected chi connectivity index (χ2v) is 7.24. The largest absolute Gasteiger partial charge is 0.497 e. The number of amides is 1. The molecule has 1 N–H and O–H groups in total. The van der Waals surface area contributed by atoms with E-state index in [4.69, 9.17) is 9.47 Å². The van der Waals surface area contributed by atoms with Crippen LogP contribution in [0.15, 0.2) is 36.4 Å². The molecule has 148 valence electrons. The van der Waals surface area contributed by atoms with Crippen molar-refractivity contribution in [2.45, 2.75) is 13.3 Å². The first kappa shape index (κ1) is 18.8. The molecule has 3 aromatic heterocycles. The van der Waals surface area contributed by atoms with Gasteiger partial charge in [0.15, 0.2) is 11.3 Å². The van der Waals surface area contributed by atoms with Crippen molar-refractivity contribution in [1.82, 2.24) is 24.8 Å².